The zero-order valence-corrected chi connectivity index (χ0v) is 11.5. The van der Waals surface area contributed by atoms with Gasteiger partial charge >= 0.3 is 7.25 Å². The first-order valence-electron chi connectivity index (χ1n) is 5.36. The van der Waals surface area contributed by atoms with Crippen LogP contribution in [0, 0.1) is 0 Å². The van der Waals surface area contributed by atoms with E-state index in [4.69, 9.17) is 9.66 Å². The van der Waals surface area contributed by atoms with Crippen LogP contribution in [-0.2, 0) is 23.8 Å². The summed E-state index contributed by atoms with van der Waals surface area (Å²) in [6, 6.07) is 0. The van der Waals surface area contributed by atoms with E-state index in [1.165, 1.54) is 10.8 Å². The maximum Gasteiger partial charge on any atom is 0.673 e. The van der Waals surface area contributed by atoms with Crippen molar-refractivity contribution in [1.82, 2.24) is 9.55 Å². The molecule has 0 saturated heterocycles. The highest BCUT2D eigenvalue weighted by Crippen LogP contribution is 2.24. The van der Waals surface area contributed by atoms with Crippen LogP contribution in [0.1, 0.15) is 30.1 Å². The standard InChI is InChI=1S/C8H14N2O4S.BF4/c1-3-7(15(12,13)14)6-4-9-8(5-11)10(6)2;2-1(3,4)5/h4,7,11H,3,5H2,1-2H3,(H,12,13,14);/q;-1. The Bertz CT molecular complexity index is 525. The van der Waals surface area contributed by atoms with Crippen molar-refractivity contribution >= 4 is 17.4 Å². The monoisotopic (exact) mass is 321 g/mol. The topological polar surface area (TPSA) is 92.4 Å². The number of hydrogen-bond acceptors (Lipinski definition) is 4. The van der Waals surface area contributed by atoms with Crippen LogP contribution in [0.5, 0.6) is 0 Å². The Labute approximate surface area is 113 Å². The Morgan fingerprint density at radius 1 is 1.40 bits per heavy atom. The minimum Gasteiger partial charge on any atom is -0.418 e. The second-order valence-electron chi connectivity index (χ2n) is 3.72. The average Bonchev–Trinajstić information content (AvgIpc) is 2.57. The first-order valence-corrected chi connectivity index (χ1v) is 6.87. The Morgan fingerprint density at radius 2 is 1.85 bits per heavy atom. The molecule has 0 saturated carbocycles. The summed E-state index contributed by atoms with van der Waals surface area (Å²) in [7, 11) is -8.53. The van der Waals surface area contributed by atoms with Crippen molar-refractivity contribution in [3.63, 3.8) is 0 Å². The smallest absolute Gasteiger partial charge is 0.418 e. The van der Waals surface area contributed by atoms with Gasteiger partial charge < -0.3 is 26.9 Å². The minimum absolute atomic E-state index is 0.253. The molecule has 1 aromatic heterocycles. The van der Waals surface area contributed by atoms with Crippen LogP contribution in [0.3, 0.4) is 0 Å². The molecule has 1 heterocycles. The highest BCUT2D eigenvalue weighted by molar-refractivity contribution is 7.86. The lowest BCUT2D eigenvalue weighted by molar-refractivity contribution is 0.267. The molecule has 0 amide bonds. The van der Waals surface area contributed by atoms with Gasteiger partial charge in [-0.15, -0.1) is 0 Å². The van der Waals surface area contributed by atoms with Gasteiger partial charge in [0.15, 0.2) is 0 Å². The molecule has 1 unspecified atom stereocenters. The van der Waals surface area contributed by atoms with Gasteiger partial charge in [0, 0.05) is 13.2 Å². The van der Waals surface area contributed by atoms with Gasteiger partial charge in [-0.05, 0) is 6.42 Å². The van der Waals surface area contributed by atoms with E-state index in [0.29, 0.717) is 11.5 Å². The molecule has 0 aromatic carbocycles. The molecular weight excluding hydrogens is 307 g/mol. The molecular formula is C8H14BF4N2O4S-. The molecule has 0 aliphatic rings. The van der Waals surface area contributed by atoms with Crippen molar-refractivity contribution in [2.24, 2.45) is 7.05 Å². The van der Waals surface area contributed by atoms with Gasteiger partial charge in [-0.1, -0.05) is 6.92 Å². The third kappa shape index (κ3) is 6.35. The number of aromatic nitrogens is 2. The van der Waals surface area contributed by atoms with Crippen LogP contribution in [0.2, 0.25) is 0 Å². The van der Waals surface area contributed by atoms with Crippen LogP contribution in [0.15, 0.2) is 6.20 Å². The molecule has 2 N–H and O–H groups in total. The summed E-state index contributed by atoms with van der Waals surface area (Å²) in [6.45, 7) is 1.39. The normalized spacial score (nSPS) is 13.6. The lowest BCUT2D eigenvalue weighted by atomic mass is 10.2. The van der Waals surface area contributed by atoms with Crippen LogP contribution in [0.4, 0.5) is 17.3 Å². The number of aliphatic hydroxyl groups is 1. The van der Waals surface area contributed by atoms with E-state index in [1.807, 2.05) is 0 Å². The molecule has 1 rings (SSSR count). The predicted molar refractivity (Wildman–Crippen MR) is 63.9 cm³/mol. The third-order valence-corrected chi connectivity index (χ3v) is 3.62. The van der Waals surface area contributed by atoms with E-state index >= 15 is 0 Å². The fourth-order valence-electron chi connectivity index (χ4n) is 1.48. The van der Waals surface area contributed by atoms with E-state index in [0.717, 1.165) is 0 Å². The minimum atomic E-state index is -6.00. The molecule has 6 nitrogen and oxygen atoms in total. The van der Waals surface area contributed by atoms with Crippen molar-refractivity contribution in [2.75, 3.05) is 0 Å². The highest BCUT2D eigenvalue weighted by Gasteiger charge is 2.26. The number of hydrogen-bond donors (Lipinski definition) is 2. The second kappa shape index (κ2) is 7.04. The Balaban J connectivity index is 0.000000621. The molecule has 0 bridgehead atoms. The third-order valence-electron chi connectivity index (χ3n) is 2.32. The van der Waals surface area contributed by atoms with E-state index in [2.05, 4.69) is 4.98 Å². The number of nitrogens with zero attached hydrogens (tertiary/aromatic N) is 2. The Hall–Kier alpha value is -1.14. The Kier molecular flexibility index (Phi) is 6.64. The second-order valence-corrected chi connectivity index (χ2v) is 5.32. The fourth-order valence-corrected chi connectivity index (χ4v) is 2.43. The number of halogens is 4. The summed E-state index contributed by atoms with van der Waals surface area (Å²) < 4.78 is 71.6. The van der Waals surface area contributed by atoms with Gasteiger partial charge in [-0.2, -0.15) is 8.42 Å². The van der Waals surface area contributed by atoms with Crippen LogP contribution in [-0.4, -0.2) is 34.9 Å². The fraction of sp³-hybridized carbons (Fsp3) is 0.625. The molecule has 0 fully saturated rings. The summed E-state index contributed by atoms with van der Waals surface area (Å²) in [5.41, 5.74) is 0.379. The molecule has 0 radical (unpaired) electrons. The summed E-state index contributed by atoms with van der Waals surface area (Å²) in [4.78, 5) is 3.85. The molecule has 0 aliphatic heterocycles. The summed E-state index contributed by atoms with van der Waals surface area (Å²) in [5, 5.41) is 7.90. The summed E-state index contributed by atoms with van der Waals surface area (Å²) >= 11 is 0. The van der Waals surface area contributed by atoms with Crippen molar-refractivity contribution < 1.29 is 35.3 Å². The van der Waals surface area contributed by atoms with Gasteiger partial charge in [0.05, 0.1) is 5.69 Å². The van der Waals surface area contributed by atoms with Crippen molar-refractivity contribution in [3.8, 4) is 0 Å². The van der Waals surface area contributed by atoms with Gasteiger partial charge in [0.2, 0.25) is 0 Å². The summed E-state index contributed by atoms with van der Waals surface area (Å²) in [6.07, 6.45) is 1.61. The zero-order chi connectivity index (χ0) is 16.1. The van der Waals surface area contributed by atoms with E-state index in [9.17, 15) is 25.7 Å². The van der Waals surface area contributed by atoms with Crippen LogP contribution < -0.4 is 0 Å². The first-order chi connectivity index (χ1) is 8.91. The first kappa shape index (κ1) is 18.9. The number of imidazole rings is 1. The Morgan fingerprint density at radius 3 is 2.10 bits per heavy atom. The van der Waals surface area contributed by atoms with Gasteiger partial charge in [0.25, 0.3) is 10.1 Å². The molecule has 1 aromatic rings. The predicted octanol–water partition coefficient (Wildman–Crippen LogP) is 1.55. The van der Waals surface area contributed by atoms with E-state index in [-0.39, 0.29) is 13.0 Å². The maximum absolute atomic E-state index is 11.1. The van der Waals surface area contributed by atoms with E-state index in [1.54, 1.807) is 14.0 Å². The van der Waals surface area contributed by atoms with Gasteiger partial charge in [-0.3, -0.25) is 4.55 Å². The molecule has 20 heavy (non-hydrogen) atoms. The quantitative estimate of drug-likeness (QED) is 0.499. The van der Waals surface area contributed by atoms with Gasteiger partial charge in [0.1, 0.15) is 17.7 Å². The largest absolute Gasteiger partial charge is 0.673 e. The number of rotatable bonds is 4. The molecule has 0 aliphatic carbocycles. The van der Waals surface area contributed by atoms with Crippen LogP contribution >= 0.6 is 0 Å². The molecule has 118 valence electrons. The SMILES string of the molecule is CCC(c1cnc(CO)n1C)S(=O)(=O)O.F[B-](F)(F)F. The van der Waals surface area contributed by atoms with Gasteiger partial charge in [-0.25, -0.2) is 4.98 Å². The highest BCUT2D eigenvalue weighted by atomic mass is 32.2. The maximum atomic E-state index is 11.1. The molecule has 0 spiro atoms. The van der Waals surface area contributed by atoms with Crippen molar-refractivity contribution in [1.29, 1.82) is 0 Å². The lowest BCUT2D eigenvalue weighted by Gasteiger charge is -2.12. The number of aliphatic hydroxyl groups excluding tert-OH is 1. The molecule has 12 heteroatoms. The lowest BCUT2D eigenvalue weighted by Crippen LogP contribution is -2.15. The zero-order valence-electron chi connectivity index (χ0n) is 10.7. The van der Waals surface area contributed by atoms with Crippen molar-refractivity contribution in [2.45, 2.75) is 25.2 Å². The van der Waals surface area contributed by atoms with Crippen molar-refractivity contribution in [3.05, 3.63) is 17.7 Å². The van der Waals surface area contributed by atoms with E-state index < -0.39 is 22.6 Å². The molecule has 1 atom stereocenters. The van der Waals surface area contributed by atoms with Crippen LogP contribution in [0.25, 0.3) is 0 Å². The average molecular weight is 321 g/mol. The summed E-state index contributed by atoms with van der Waals surface area (Å²) in [5.74, 6) is 0.368.